The van der Waals surface area contributed by atoms with Crippen LogP contribution in [0.5, 0.6) is 0 Å². The average molecular weight is 331 g/mol. The number of carboxylic acids is 1. The number of aliphatic carboxylic acids is 1. The van der Waals surface area contributed by atoms with Crippen molar-refractivity contribution >= 4 is 21.9 Å². The Balaban J connectivity index is 2.27. The van der Waals surface area contributed by atoms with Gasteiger partial charge in [-0.25, -0.2) is 4.39 Å². The molecule has 104 valence electrons. The zero-order valence-corrected chi connectivity index (χ0v) is 12.2. The van der Waals surface area contributed by atoms with Crippen molar-refractivity contribution in [3.63, 3.8) is 0 Å². The summed E-state index contributed by atoms with van der Waals surface area (Å²) in [7, 11) is 2.01. The highest BCUT2D eigenvalue weighted by molar-refractivity contribution is 9.10. The third-order valence-electron chi connectivity index (χ3n) is 3.39. The first-order valence-electron chi connectivity index (χ1n) is 6.09. The average Bonchev–Trinajstić information content (AvgIpc) is 2.34. The number of hydrogen-bond acceptors (Lipinski definition) is 3. The van der Waals surface area contributed by atoms with Crippen LogP contribution < -0.4 is 0 Å². The van der Waals surface area contributed by atoms with Gasteiger partial charge in [-0.3, -0.25) is 9.69 Å². The first kappa shape index (κ1) is 14.4. The molecule has 0 radical (unpaired) electrons. The number of rotatable bonds is 3. The van der Waals surface area contributed by atoms with Gasteiger partial charge in [0.05, 0.1) is 0 Å². The molecule has 0 aliphatic carbocycles. The van der Waals surface area contributed by atoms with E-state index >= 15 is 0 Å². The van der Waals surface area contributed by atoms with E-state index in [-0.39, 0.29) is 5.82 Å². The van der Waals surface area contributed by atoms with Gasteiger partial charge in [0.1, 0.15) is 11.9 Å². The van der Waals surface area contributed by atoms with Crippen LogP contribution in [0.1, 0.15) is 11.6 Å². The van der Waals surface area contributed by atoms with Gasteiger partial charge in [0.25, 0.3) is 0 Å². The molecule has 1 aromatic rings. The Labute approximate surface area is 119 Å². The number of hydrogen-bond donors (Lipinski definition) is 1. The molecular weight excluding hydrogens is 315 g/mol. The Hall–Kier alpha value is -0.980. The van der Waals surface area contributed by atoms with E-state index in [1.165, 1.54) is 18.2 Å². The largest absolute Gasteiger partial charge is 0.480 e. The molecule has 2 rings (SSSR count). The minimum Gasteiger partial charge on any atom is -0.480 e. The minimum absolute atomic E-state index is 0.377. The highest BCUT2D eigenvalue weighted by Crippen LogP contribution is 2.29. The van der Waals surface area contributed by atoms with E-state index < -0.39 is 12.0 Å². The second kappa shape index (κ2) is 5.98. The third kappa shape index (κ3) is 3.32. The summed E-state index contributed by atoms with van der Waals surface area (Å²) in [5.74, 6) is -1.28. The highest BCUT2D eigenvalue weighted by atomic mass is 79.9. The summed E-state index contributed by atoms with van der Waals surface area (Å²) in [6, 6.07) is 3.41. The normalized spacial score (nSPS) is 19.3. The Bertz CT molecular complexity index is 476. The SMILES string of the molecule is CN1CCN(C(C(=O)O)c2ccc(F)cc2Br)CC1. The van der Waals surface area contributed by atoms with Crippen molar-refractivity contribution in [1.29, 1.82) is 0 Å². The third-order valence-corrected chi connectivity index (χ3v) is 4.08. The molecule has 1 saturated heterocycles. The van der Waals surface area contributed by atoms with Gasteiger partial charge >= 0.3 is 5.97 Å². The Morgan fingerprint density at radius 1 is 1.37 bits per heavy atom. The number of piperazine rings is 1. The van der Waals surface area contributed by atoms with Crippen molar-refractivity contribution in [1.82, 2.24) is 9.80 Å². The molecule has 1 heterocycles. The number of benzene rings is 1. The number of carbonyl (C=O) groups is 1. The smallest absolute Gasteiger partial charge is 0.325 e. The molecule has 1 fully saturated rings. The van der Waals surface area contributed by atoms with Gasteiger partial charge in [-0.05, 0) is 24.7 Å². The summed E-state index contributed by atoms with van der Waals surface area (Å²) >= 11 is 3.25. The zero-order valence-electron chi connectivity index (χ0n) is 10.6. The zero-order chi connectivity index (χ0) is 14.0. The predicted molar refractivity (Wildman–Crippen MR) is 73.5 cm³/mol. The lowest BCUT2D eigenvalue weighted by atomic mass is 10.0. The maximum Gasteiger partial charge on any atom is 0.325 e. The molecule has 1 aliphatic heterocycles. The highest BCUT2D eigenvalue weighted by Gasteiger charge is 2.30. The van der Waals surface area contributed by atoms with Gasteiger partial charge in [-0.1, -0.05) is 22.0 Å². The first-order valence-corrected chi connectivity index (χ1v) is 6.88. The number of halogens is 2. The number of carboxylic acid groups (broad SMARTS) is 1. The summed E-state index contributed by atoms with van der Waals surface area (Å²) < 4.78 is 13.6. The maximum absolute atomic E-state index is 13.1. The molecule has 0 amide bonds. The standard InChI is InChI=1S/C13H16BrFN2O2/c1-16-4-6-17(7-5-16)12(13(18)19)10-3-2-9(15)8-11(10)14/h2-3,8,12H,4-7H2,1H3,(H,18,19). The van der Waals surface area contributed by atoms with Gasteiger partial charge in [-0.15, -0.1) is 0 Å². The van der Waals surface area contributed by atoms with E-state index in [1.807, 2.05) is 11.9 Å². The summed E-state index contributed by atoms with van der Waals surface area (Å²) in [4.78, 5) is 15.6. The topological polar surface area (TPSA) is 43.8 Å². The van der Waals surface area contributed by atoms with Crippen LogP contribution in [0.15, 0.2) is 22.7 Å². The molecule has 1 unspecified atom stereocenters. The van der Waals surface area contributed by atoms with Crippen LogP contribution in [-0.2, 0) is 4.79 Å². The van der Waals surface area contributed by atoms with E-state index in [1.54, 1.807) is 0 Å². The van der Waals surface area contributed by atoms with E-state index in [9.17, 15) is 14.3 Å². The van der Waals surface area contributed by atoms with Crippen LogP contribution in [0, 0.1) is 5.82 Å². The fourth-order valence-corrected chi connectivity index (χ4v) is 2.86. The molecule has 0 aromatic heterocycles. The van der Waals surface area contributed by atoms with Crippen LogP contribution in [-0.4, -0.2) is 54.1 Å². The quantitative estimate of drug-likeness (QED) is 0.920. The molecule has 19 heavy (non-hydrogen) atoms. The lowest BCUT2D eigenvalue weighted by molar-refractivity contribution is -0.144. The van der Waals surface area contributed by atoms with Gasteiger partial charge in [-0.2, -0.15) is 0 Å². The monoisotopic (exact) mass is 330 g/mol. The Morgan fingerprint density at radius 2 is 2.00 bits per heavy atom. The van der Waals surface area contributed by atoms with Crippen molar-refractivity contribution in [2.75, 3.05) is 33.2 Å². The molecule has 1 N–H and O–H groups in total. The van der Waals surface area contributed by atoms with Crippen molar-refractivity contribution in [3.8, 4) is 0 Å². The maximum atomic E-state index is 13.1. The van der Waals surface area contributed by atoms with Gasteiger partial charge in [0.15, 0.2) is 0 Å². The van der Waals surface area contributed by atoms with Crippen molar-refractivity contribution in [2.24, 2.45) is 0 Å². The Kier molecular flexibility index (Phi) is 4.54. The lowest BCUT2D eigenvalue weighted by Gasteiger charge is -2.36. The number of nitrogens with zero attached hydrogens (tertiary/aromatic N) is 2. The molecule has 0 bridgehead atoms. The first-order chi connectivity index (χ1) is 8.99. The molecule has 1 aliphatic rings. The van der Waals surface area contributed by atoms with Crippen molar-refractivity contribution in [3.05, 3.63) is 34.1 Å². The fraction of sp³-hybridized carbons (Fsp3) is 0.462. The molecule has 0 saturated carbocycles. The van der Waals surface area contributed by atoms with Crippen LogP contribution in [0.4, 0.5) is 4.39 Å². The van der Waals surface area contributed by atoms with Crippen LogP contribution in [0.2, 0.25) is 0 Å². The van der Waals surface area contributed by atoms with E-state index in [4.69, 9.17) is 0 Å². The second-order valence-electron chi connectivity index (χ2n) is 4.75. The van der Waals surface area contributed by atoms with Gasteiger partial charge in [0.2, 0.25) is 0 Å². The van der Waals surface area contributed by atoms with Crippen molar-refractivity contribution in [2.45, 2.75) is 6.04 Å². The lowest BCUT2D eigenvalue weighted by Crippen LogP contribution is -2.47. The predicted octanol–water partition coefficient (Wildman–Crippen LogP) is 1.96. The molecule has 4 nitrogen and oxygen atoms in total. The fourth-order valence-electron chi connectivity index (χ4n) is 2.29. The van der Waals surface area contributed by atoms with E-state index in [0.29, 0.717) is 23.1 Å². The second-order valence-corrected chi connectivity index (χ2v) is 5.60. The van der Waals surface area contributed by atoms with Gasteiger partial charge in [0, 0.05) is 30.7 Å². The van der Waals surface area contributed by atoms with Crippen molar-refractivity contribution < 1.29 is 14.3 Å². The van der Waals surface area contributed by atoms with Crippen LogP contribution in [0.25, 0.3) is 0 Å². The van der Waals surface area contributed by atoms with E-state index in [2.05, 4.69) is 20.8 Å². The summed E-state index contributed by atoms with van der Waals surface area (Å²) in [6.07, 6.45) is 0. The molecule has 1 atom stereocenters. The summed E-state index contributed by atoms with van der Waals surface area (Å²) in [5, 5.41) is 9.47. The number of likely N-dealkylation sites (N-methyl/N-ethyl adjacent to an activating group) is 1. The molecule has 1 aromatic carbocycles. The van der Waals surface area contributed by atoms with E-state index in [0.717, 1.165) is 13.1 Å². The summed E-state index contributed by atoms with van der Waals surface area (Å²) in [6.45, 7) is 3.06. The van der Waals surface area contributed by atoms with Crippen LogP contribution in [0.3, 0.4) is 0 Å². The summed E-state index contributed by atoms with van der Waals surface area (Å²) in [5.41, 5.74) is 0.596. The molecule has 6 heteroatoms. The molecule has 0 spiro atoms. The van der Waals surface area contributed by atoms with Gasteiger partial charge < -0.3 is 10.0 Å². The Morgan fingerprint density at radius 3 is 2.53 bits per heavy atom. The minimum atomic E-state index is -0.906. The molecular formula is C13H16BrFN2O2. The van der Waals surface area contributed by atoms with Crippen LogP contribution >= 0.6 is 15.9 Å².